The average molecular weight is 614 g/mol. The Bertz CT molecular complexity index is 2520. The third-order valence-electron chi connectivity index (χ3n) is 9.27. The van der Waals surface area contributed by atoms with E-state index in [0.29, 0.717) is 0 Å². The molecule has 0 saturated carbocycles. The second-order valence-corrected chi connectivity index (χ2v) is 12.2. The fourth-order valence-corrected chi connectivity index (χ4v) is 6.89. The van der Waals surface area contributed by atoms with Gasteiger partial charge in [-0.1, -0.05) is 140 Å². The quantitative estimate of drug-likeness (QED) is 0.185. The first kappa shape index (κ1) is 27.9. The maximum Gasteiger partial charge on any atom is 0.143 e. The van der Waals surface area contributed by atoms with E-state index in [1.165, 1.54) is 38.8 Å². The first-order valence-electron chi connectivity index (χ1n) is 16.3. The Hall–Kier alpha value is -6.38. The Morgan fingerprint density at radius 1 is 0.312 bits per heavy atom. The highest BCUT2D eigenvalue weighted by Gasteiger charge is 2.18. The highest BCUT2D eigenvalue weighted by Crippen LogP contribution is 2.43. The molecule has 1 heterocycles. The Labute approximate surface area is 279 Å². The van der Waals surface area contributed by atoms with Gasteiger partial charge in [-0.2, -0.15) is 0 Å². The number of nitrogens with zero attached hydrogens (tertiary/aromatic N) is 1. The number of para-hydroxylation sites is 1. The summed E-state index contributed by atoms with van der Waals surface area (Å²) in [7, 11) is 0. The number of anilines is 3. The second-order valence-electron chi connectivity index (χ2n) is 12.2. The van der Waals surface area contributed by atoms with Gasteiger partial charge in [0.15, 0.2) is 0 Å². The van der Waals surface area contributed by atoms with E-state index in [9.17, 15) is 0 Å². The molecule has 0 amide bonds. The van der Waals surface area contributed by atoms with Crippen LogP contribution in [0.15, 0.2) is 192 Å². The van der Waals surface area contributed by atoms with Crippen molar-refractivity contribution < 1.29 is 4.42 Å². The molecule has 48 heavy (non-hydrogen) atoms. The Kier molecular flexibility index (Phi) is 6.84. The summed E-state index contributed by atoms with van der Waals surface area (Å²) in [5.41, 5.74) is 12.3. The molecule has 0 radical (unpaired) electrons. The number of furan rings is 1. The molecule has 0 bridgehead atoms. The minimum atomic E-state index is 0.881. The summed E-state index contributed by atoms with van der Waals surface area (Å²) >= 11 is 0. The maximum atomic E-state index is 6.59. The standard InChI is InChI=1S/C46H31NO/c1-4-12-32(13-5-1)33-20-22-34(23-21-33)35-24-26-38(27-25-35)47(37-16-8-3-9-17-37)39-28-29-45-43(30-39)44-31-42(36-14-6-2-7-15-36)40-18-10-11-19-41(40)46(44)48-45/h1-31H. The zero-order chi connectivity index (χ0) is 31.9. The molecule has 2 nitrogen and oxygen atoms in total. The van der Waals surface area contributed by atoms with Crippen molar-refractivity contribution in [3.63, 3.8) is 0 Å². The molecule has 0 atom stereocenters. The maximum absolute atomic E-state index is 6.59. The van der Waals surface area contributed by atoms with Crippen molar-refractivity contribution in [1.82, 2.24) is 0 Å². The van der Waals surface area contributed by atoms with Crippen LogP contribution in [0, 0.1) is 0 Å². The lowest BCUT2D eigenvalue weighted by molar-refractivity contribution is 0.672. The van der Waals surface area contributed by atoms with Gasteiger partial charge in [-0.05, 0) is 87.3 Å². The van der Waals surface area contributed by atoms with E-state index in [-0.39, 0.29) is 0 Å². The zero-order valence-electron chi connectivity index (χ0n) is 26.3. The molecular weight excluding hydrogens is 583 g/mol. The van der Waals surface area contributed by atoms with E-state index in [1.807, 2.05) is 0 Å². The highest BCUT2D eigenvalue weighted by atomic mass is 16.3. The molecule has 0 aliphatic carbocycles. The molecule has 9 rings (SSSR count). The van der Waals surface area contributed by atoms with Crippen molar-refractivity contribution in [2.75, 3.05) is 4.90 Å². The minimum absolute atomic E-state index is 0.881. The summed E-state index contributed by atoms with van der Waals surface area (Å²) in [6, 6.07) is 66.8. The largest absolute Gasteiger partial charge is 0.455 e. The SMILES string of the molecule is c1ccc(-c2ccc(-c3ccc(N(c4ccccc4)c4ccc5oc6c7ccccc7c(-c7ccccc7)cc6c5c4)cc3)cc2)cc1. The van der Waals surface area contributed by atoms with E-state index in [2.05, 4.69) is 193 Å². The van der Waals surface area contributed by atoms with Crippen LogP contribution in [0.3, 0.4) is 0 Å². The Morgan fingerprint density at radius 2 is 0.792 bits per heavy atom. The molecule has 0 aliphatic rings. The third-order valence-corrected chi connectivity index (χ3v) is 9.27. The third kappa shape index (κ3) is 4.92. The number of hydrogen-bond donors (Lipinski definition) is 0. The van der Waals surface area contributed by atoms with Gasteiger partial charge in [-0.15, -0.1) is 0 Å². The van der Waals surface area contributed by atoms with Gasteiger partial charge in [0.25, 0.3) is 0 Å². The van der Waals surface area contributed by atoms with Crippen LogP contribution in [0.1, 0.15) is 0 Å². The van der Waals surface area contributed by atoms with Crippen LogP contribution in [-0.2, 0) is 0 Å². The topological polar surface area (TPSA) is 16.4 Å². The summed E-state index contributed by atoms with van der Waals surface area (Å²) in [4.78, 5) is 2.32. The van der Waals surface area contributed by atoms with Gasteiger partial charge >= 0.3 is 0 Å². The predicted octanol–water partition coefficient (Wildman–Crippen LogP) is 13.2. The van der Waals surface area contributed by atoms with Gasteiger partial charge < -0.3 is 9.32 Å². The molecule has 9 aromatic rings. The molecule has 1 aromatic heterocycles. The van der Waals surface area contributed by atoms with Crippen LogP contribution in [-0.4, -0.2) is 0 Å². The predicted molar refractivity (Wildman–Crippen MR) is 202 cm³/mol. The first-order valence-corrected chi connectivity index (χ1v) is 16.3. The summed E-state index contributed by atoms with van der Waals surface area (Å²) in [5.74, 6) is 0. The van der Waals surface area contributed by atoms with Crippen molar-refractivity contribution >= 4 is 49.8 Å². The summed E-state index contributed by atoms with van der Waals surface area (Å²) in [5, 5.41) is 4.53. The molecule has 0 unspecified atom stereocenters. The molecule has 8 aromatic carbocycles. The van der Waals surface area contributed by atoms with Crippen LogP contribution in [0.5, 0.6) is 0 Å². The van der Waals surface area contributed by atoms with Gasteiger partial charge in [-0.25, -0.2) is 0 Å². The normalized spacial score (nSPS) is 11.3. The van der Waals surface area contributed by atoms with Crippen LogP contribution in [0.4, 0.5) is 17.1 Å². The fourth-order valence-electron chi connectivity index (χ4n) is 6.89. The first-order chi connectivity index (χ1) is 23.8. The average Bonchev–Trinajstić information content (AvgIpc) is 3.54. The fraction of sp³-hybridized carbons (Fsp3) is 0. The van der Waals surface area contributed by atoms with Crippen molar-refractivity contribution in [3.8, 4) is 33.4 Å². The zero-order valence-corrected chi connectivity index (χ0v) is 26.3. The smallest absolute Gasteiger partial charge is 0.143 e. The molecule has 2 heteroatoms. The lowest BCUT2D eigenvalue weighted by Crippen LogP contribution is -2.09. The number of rotatable bonds is 6. The molecule has 226 valence electrons. The second kappa shape index (κ2) is 11.8. The van der Waals surface area contributed by atoms with Gasteiger partial charge in [0, 0.05) is 33.2 Å². The Morgan fingerprint density at radius 3 is 1.44 bits per heavy atom. The van der Waals surface area contributed by atoms with E-state index in [1.54, 1.807) is 0 Å². The molecule has 0 aliphatic heterocycles. The summed E-state index contributed by atoms with van der Waals surface area (Å²) < 4.78 is 6.59. The van der Waals surface area contributed by atoms with Crippen molar-refractivity contribution in [1.29, 1.82) is 0 Å². The van der Waals surface area contributed by atoms with Gasteiger partial charge in [-0.3, -0.25) is 0 Å². The monoisotopic (exact) mass is 613 g/mol. The van der Waals surface area contributed by atoms with Crippen molar-refractivity contribution in [2.45, 2.75) is 0 Å². The van der Waals surface area contributed by atoms with Crippen LogP contribution in [0.25, 0.3) is 66.1 Å². The van der Waals surface area contributed by atoms with Crippen molar-refractivity contribution in [3.05, 3.63) is 188 Å². The highest BCUT2D eigenvalue weighted by molar-refractivity contribution is 6.19. The molecule has 0 spiro atoms. The van der Waals surface area contributed by atoms with Crippen LogP contribution in [0.2, 0.25) is 0 Å². The van der Waals surface area contributed by atoms with Crippen molar-refractivity contribution in [2.24, 2.45) is 0 Å². The van der Waals surface area contributed by atoms with Gasteiger partial charge in [0.1, 0.15) is 11.2 Å². The number of benzene rings is 8. The van der Waals surface area contributed by atoms with E-state index < -0.39 is 0 Å². The van der Waals surface area contributed by atoms with E-state index in [0.717, 1.165) is 44.4 Å². The van der Waals surface area contributed by atoms with Gasteiger partial charge in [0.2, 0.25) is 0 Å². The molecular formula is C46H31NO. The molecule has 0 fully saturated rings. The molecule has 0 saturated heterocycles. The number of hydrogen-bond acceptors (Lipinski definition) is 2. The van der Waals surface area contributed by atoms with Crippen LogP contribution < -0.4 is 4.90 Å². The Balaban J connectivity index is 1.15. The van der Waals surface area contributed by atoms with Crippen LogP contribution >= 0.6 is 0 Å². The minimum Gasteiger partial charge on any atom is -0.455 e. The number of fused-ring (bicyclic) bond motifs is 5. The summed E-state index contributed by atoms with van der Waals surface area (Å²) in [6.45, 7) is 0. The lowest BCUT2D eigenvalue weighted by atomic mass is 9.95. The van der Waals surface area contributed by atoms with E-state index in [4.69, 9.17) is 4.42 Å². The van der Waals surface area contributed by atoms with E-state index >= 15 is 0 Å². The lowest BCUT2D eigenvalue weighted by Gasteiger charge is -2.25. The summed E-state index contributed by atoms with van der Waals surface area (Å²) in [6.07, 6.45) is 0. The van der Waals surface area contributed by atoms with Gasteiger partial charge in [0.05, 0.1) is 0 Å². The molecule has 0 N–H and O–H groups in total.